The zero-order valence-corrected chi connectivity index (χ0v) is 15.7. The topological polar surface area (TPSA) is 78.9 Å². The minimum atomic E-state index is -0.859. The van der Waals surface area contributed by atoms with Crippen molar-refractivity contribution in [1.29, 1.82) is 0 Å². The van der Waals surface area contributed by atoms with Crippen LogP contribution in [-0.4, -0.2) is 40.7 Å². The molecule has 0 radical (unpaired) electrons. The van der Waals surface area contributed by atoms with Crippen LogP contribution in [0.15, 0.2) is 18.2 Å². The molecule has 0 aromatic heterocycles. The van der Waals surface area contributed by atoms with E-state index in [0.29, 0.717) is 19.5 Å². The first-order valence-corrected chi connectivity index (χ1v) is 8.55. The Bertz CT molecular complexity index is 666. The molecule has 1 aromatic rings. The molecule has 1 fully saturated rings. The molecule has 25 heavy (non-hydrogen) atoms. The molecule has 0 saturated carbocycles. The number of aliphatic carboxylic acids is 1. The molecule has 1 saturated heterocycles. The number of carbonyl (C=O) groups excluding carboxylic acids is 1. The van der Waals surface area contributed by atoms with Crippen molar-refractivity contribution >= 4 is 12.0 Å². The smallest absolute Gasteiger partial charge is 0.317 e. The van der Waals surface area contributed by atoms with Crippen molar-refractivity contribution in [2.45, 2.75) is 53.2 Å². The van der Waals surface area contributed by atoms with E-state index in [1.807, 2.05) is 45.9 Å². The highest BCUT2D eigenvalue weighted by Crippen LogP contribution is 2.30. The van der Waals surface area contributed by atoms with Crippen molar-refractivity contribution in [2.75, 3.05) is 13.1 Å². The number of amides is 2. The molecule has 6 nitrogen and oxygen atoms in total. The van der Waals surface area contributed by atoms with Crippen LogP contribution < -0.4 is 10.1 Å². The zero-order chi connectivity index (χ0) is 18.8. The van der Waals surface area contributed by atoms with Crippen LogP contribution in [0, 0.1) is 12.3 Å². The van der Waals surface area contributed by atoms with Gasteiger partial charge < -0.3 is 20.1 Å². The Balaban J connectivity index is 2.02. The van der Waals surface area contributed by atoms with Gasteiger partial charge in [0.05, 0.1) is 5.41 Å². The van der Waals surface area contributed by atoms with E-state index in [0.717, 1.165) is 16.9 Å². The first kappa shape index (κ1) is 19.1. The van der Waals surface area contributed by atoms with Gasteiger partial charge >= 0.3 is 12.0 Å². The molecule has 0 aliphatic carbocycles. The number of ether oxygens (including phenoxy) is 1. The molecule has 0 spiro atoms. The lowest BCUT2D eigenvalue weighted by Gasteiger charge is -2.24. The van der Waals surface area contributed by atoms with Gasteiger partial charge in [-0.1, -0.05) is 12.1 Å². The molecule has 1 aliphatic heterocycles. The van der Waals surface area contributed by atoms with E-state index in [1.165, 1.54) is 0 Å². The fourth-order valence-corrected chi connectivity index (χ4v) is 2.82. The fraction of sp³-hybridized carbons (Fsp3) is 0.579. The number of carboxylic acid groups (broad SMARTS) is 1. The molecule has 1 aliphatic rings. The Hall–Kier alpha value is -2.24. The summed E-state index contributed by atoms with van der Waals surface area (Å²) in [6, 6.07) is 5.65. The molecule has 2 rings (SSSR count). The van der Waals surface area contributed by atoms with Crippen LogP contribution in [0.2, 0.25) is 0 Å². The van der Waals surface area contributed by atoms with Gasteiger partial charge in [-0.05, 0) is 52.7 Å². The first-order valence-electron chi connectivity index (χ1n) is 8.55. The molecule has 2 N–H and O–H groups in total. The molecule has 1 unspecified atom stereocenters. The van der Waals surface area contributed by atoms with E-state index in [-0.39, 0.29) is 18.2 Å². The number of hydrogen-bond acceptors (Lipinski definition) is 3. The maximum absolute atomic E-state index is 12.4. The van der Waals surface area contributed by atoms with Crippen LogP contribution in [0.3, 0.4) is 0 Å². The number of likely N-dealkylation sites (tertiary alicyclic amines) is 1. The summed E-state index contributed by atoms with van der Waals surface area (Å²) >= 11 is 0. The van der Waals surface area contributed by atoms with Gasteiger partial charge in [0.15, 0.2) is 0 Å². The summed E-state index contributed by atoms with van der Waals surface area (Å²) in [6.45, 7) is 10.6. The lowest BCUT2D eigenvalue weighted by atomic mass is 9.90. The van der Waals surface area contributed by atoms with Gasteiger partial charge in [-0.3, -0.25) is 4.79 Å². The van der Waals surface area contributed by atoms with Crippen LogP contribution in [0.5, 0.6) is 5.75 Å². The van der Waals surface area contributed by atoms with Gasteiger partial charge in [0, 0.05) is 25.2 Å². The minimum Gasteiger partial charge on any atom is -0.488 e. The maximum atomic E-state index is 12.4. The highest BCUT2D eigenvalue weighted by atomic mass is 16.5. The Morgan fingerprint density at radius 3 is 2.60 bits per heavy atom. The molecule has 1 aromatic carbocycles. The predicted molar refractivity (Wildman–Crippen MR) is 95.7 cm³/mol. The van der Waals surface area contributed by atoms with Crippen molar-refractivity contribution in [3.63, 3.8) is 0 Å². The van der Waals surface area contributed by atoms with E-state index in [2.05, 4.69) is 5.32 Å². The van der Waals surface area contributed by atoms with E-state index in [4.69, 9.17) is 4.74 Å². The third kappa shape index (κ3) is 4.87. The third-order valence-electron chi connectivity index (χ3n) is 4.35. The van der Waals surface area contributed by atoms with Gasteiger partial charge in [-0.2, -0.15) is 0 Å². The summed E-state index contributed by atoms with van der Waals surface area (Å²) in [5.41, 5.74) is 0.798. The summed E-state index contributed by atoms with van der Waals surface area (Å²) in [5.74, 6) is -0.105. The van der Waals surface area contributed by atoms with Crippen LogP contribution in [0.1, 0.15) is 45.2 Å². The van der Waals surface area contributed by atoms with Crippen LogP contribution in [0.4, 0.5) is 4.79 Å². The first-order chi connectivity index (χ1) is 11.5. The molecule has 138 valence electrons. The number of benzene rings is 1. The average molecular weight is 348 g/mol. The maximum Gasteiger partial charge on any atom is 0.317 e. The van der Waals surface area contributed by atoms with Gasteiger partial charge in [-0.15, -0.1) is 0 Å². The minimum absolute atomic E-state index is 0.230. The lowest BCUT2D eigenvalue weighted by Crippen LogP contribution is -2.40. The van der Waals surface area contributed by atoms with Gasteiger partial charge in [0.25, 0.3) is 0 Å². The fourth-order valence-electron chi connectivity index (χ4n) is 2.82. The largest absolute Gasteiger partial charge is 0.488 e. The number of aryl methyl sites for hydroxylation is 1. The SMILES string of the molecule is Cc1ccc(CNC(=O)N2CCC(C)(C(=O)O)C2)c(OC(C)(C)C)c1. The van der Waals surface area contributed by atoms with E-state index >= 15 is 0 Å². The van der Waals surface area contributed by atoms with Gasteiger partial charge in [0.1, 0.15) is 11.4 Å². The van der Waals surface area contributed by atoms with Gasteiger partial charge in [-0.25, -0.2) is 4.79 Å². The molecule has 2 amide bonds. The van der Waals surface area contributed by atoms with E-state index in [9.17, 15) is 14.7 Å². The second kappa shape index (κ2) is 6.94. The number of urea groups is 1. The number of carboxylic acids is 1. The average Bonchev–Trinajstić information content (AvgIpc) is 2.88. The monoisotopic (exact) mass is 348 g/mol. The summed E-state index contributed by atoms with van der Waals surface area (Å²) < 4.78 is 5.99. The normalized spacial score (nSPS) is 20.4. The molecule has 0 bridgehead atoms. The second-order valence-electron chi connectivity index (χ2n) is 8.02. The van der Waals surface area contributed by atoms with Crippen molar-refractivity contribution in [3.8, 4) is 5.75 Å². The van der Waals surface area contributed by atoms with Crippen LogP contribution in [0.25, 0.3) is 0 Å². The quantitative estimate of drug-likeness (QED) is 0.876. The Kier molecular flexibility index (Phi) is 5.30. The van der Waals surface area contributed by atoms with Crippen LogP contribution >= 0.6 is 0 Å². The highest BCUT2D eigenvalue weighted by molar-refractivity contribution is 5.79. The predicted octanol–water partition coefficient (Wildman–Crippen LogP) is 3.18. The van der Waals surface area contributed by atoms with Gasteiger partial charge in [0.2, 0.25) is 0 Å². The molecular weight excluding hydrogens is 320 g/mol. The summed E-state index contributed by atoms with van der Waals surface area (Å²) in [6.07, 6.45) is 0.471. The molecular formula is C19H28N2O4. The molecule has 1 heterocycles. The van der Waals surface area contributed by atoms with Crippen LogP contribution in [-0.2, 0) is 11.3 Å². The number of rotatable bonds is 4. The van der Waals surface area contributed by atoms with Crippen molar-refractivity contribution < 1.29 is 19.4 Å². The zero-order valence-electron chi connectivity index (χ0n) is 15.7. The highest BCUT2D eigenvalue weighted by Gasteiger charge is 2.42. The Morgan fingerprint density at radius 1 is 1.36 bits per heavy atom. The number of nitrogens with zero attached hydrogens (tertiary/aromatic N) is 1. The number of nitrogens with one attached hydrogen (secondary N) is 1. The van der Waals surface area contributed by atoms with Crippen molar-refractivity contribution in [2.24, 2.45) is 5.41 Å². The summed E-state index contributed by atoms with van der Waals surface area (Å²) in [7, 11) is 0. The standard InChI is InChI=1S/C19H28N2O4/c1-13-6-7-14(15(10-13)25-18(2,3)4)11-20-17(24)21-9-8-19(5,12-21)16(22)23/h6-7,10H,8-9,11-12H2,1-5H3,(H,20,24)(H,22,23). The van der Waals surface area contributed by atoms with E-state index in [1.54, 1.807) is 11.8 Å². The van der Waals surface area contributed by atoms with Crippen molar-refractivity contribution in [3.05, 3.63) is 29.3 Å². The molecule has 6 heteroatoms. The van der Waals surface area contributed by atoms with E-state index < -0.39 is 11.4 Å². The molecule has 1 atom stereocenters. The summed E-state index contributed by atoms with van der Waals surface area (Å²) in [4.78, 5) is 25.2. The lowest BCUT2D eigenvalue weighted by molar-refractivity contribution is -0.147. The third-order valence-corrected chi connectivity index (χ3v) is 4.35. The number of hydrogen-bond donors (Lipinski definition) is 2. The summed E-state index contributed by atoms with van der Waals surface area (Å²) in [5, 5.41) is 12.2. The number of carbonyl (C=O) groups is 2. The Morgan fingerprint density at radius 2 is 2.04 bits per heavy atom. The second-order valence-corrected chi connectivity index (χ2v) is 8.02. The Labute approximate surface area is 149 Å². The van der Waals surface area contributed by atoms with Crippen molar-refractivity contribution in [1.82, 2.24) is 10.2 Å².